The number of primary amides is 1. The van der Waals surface area contributed by atoms with Gasteiger partial charge >= 0.3 is 5.97 Å². The average Bonchev–Trinajstić information content (AvgIpc) is 2.68. The Balaban J connectivity index is 1.44. The summed E-state index contributed by atoms with van der Waals surface area (Å²) >= 11 is 0. The third kappa shape index (κ3) is 5.94. The molecule has 2 fully saturated rings. The van der Waals surface area contributed by atoms with Gasteiger partial charge in [-0.25, -0.2) is 4.98 Å². The van der Waals surface area contributed by atoms with Crippen molar-refractivity contribution < 1.29 is 14.3 Å². The number of carbonyl (C=O) groups excluding carboxylic acids is 2. The van der Waals surface area contributed by atoms with Crippen molar-refractivity contribution in [3.63, 3.8) is 0 Å². The van der Waals surface area contributed by atoms with E-state index in [1.54, 1.807) is 6.07 Å². The lowest BCUT2D eigenvalue weighted by atomic mass is 9.81. The Morgan fingerprint density at radius 2 is 1.72 bits per heavy atom. The lowest BCUT2D eigenvalue weighted by Gasteiger charge is -2.33. The van der Waals surface area contributed by atoms with E-state index in [2.05, 4.69) is 23.7 Å². The van der Waals surface area contributed by atoms with Crippen molar-refractivity contribution >= 4 is 17.7 Å². The summed E-state index contributed by atoms with van der Waals surface area (Å²) in [6.45, 7) is 6.21. The van der Waals surface area contributed by atoms with Crippen molar-refractivity contribution in [1.29, 1.82) is 0 Å². The van der Waals surface area contributed by atoms with Crippen molar-refractivity contribution in [3.05, 3.63) is 23.9 Å². The molecule has 0 aromatic carbocycles. The highest BCUT2D eigenvalue weighted by Gasteiger charge is 2.28. The molecular formula is C23H35N3O3. The monoisotopic (exact) mass is 401 g/mol. The zero-order valence-electron chi connectivity index (χ0n) is 17.8. The highest BCUT2D eigenvalue weighted by Crippen LogP contribution is 2.31. The second-order valence-electron chi connectivity index (χ2n) is 8.96. The Morgan fingerprint density at radius 3 is 2.24 bits per heavy atom. The molecule has 1 saturated carbocycles. The van der Waals surface area contributed by atoms with Crippen molar-refractivity contribution in [1.82, 2.24) is 4.98 Å². The van der Waals surface area contributed by atoms with Crippen LogP contribution in [-0.4, -0.2) is 36.1 Å². The van der Waals surface area contributed by atoms with Crippen LogP contribution in [0.5, 0.6) is 0 Å². The molecule has 2 N–H and O–H groups in total. The molecule has 0 atom stereocenters. The number of hydrogen-bond acceptors (Lipinski definition) is 5. The number of nitrogens with zero attached hydrogens (tertiary/aromatic N) is 2. The van der Waals surface area contributed by atoms with Crippen LogP contribution in [-0.2, 0) is 9.53 Å². The molecule has 1 aliphatic heterocycles. The lowest BCUT2D eigenvalue weighted by Crippen LogP contribution is -2.39. The van der Waals surface area contributed by atoms with Crippen molar-refractivity contribution in [2.24, 2.45) is 23.5 Å². The van der Waals surface area contributed by atoms with E-state index < -0.39 is 5.91 Å². The fourth-order valence-corrected chi connectivity index (χ4v) is 4.63. The van der Waals surface area contributed by atoms with Crippen LogP contribution in [0.3, 0.4) is 0 Å². The minimum atomic E-state index is -0.469. The van der Waals surface area contributed by atoms with E-state index in [1.165, 1.54) is 19.0 Å². The molecule has 1 aliphatic carbocycles. The SMILES string of the molecule is CC(C)C1CCCC(C(=O)OC2CCN(c3ccc(C(N)=O)cn3)CC2)CCC1. The number of carbonyl (C=O) groups is 2. The van der Waals surface area contributed by atoms with Crippen LogP contribution in [0.2, 0.25) is 0 Å². The first-order valence-electron chi connectivity index (χ1n) is 11.2. The second-order valence-corrected chi connectivity index (χ2v) is 8.96. The number of pyridine rings is 1. The quantitative estimate of drug-likeness (QED) is 0.756. The van der Waals surface area contributed by atoms with Gasteiger partial charge in [0.05, 0.1) is 11.5 Å². The van der Waals surface area contributed by atoms with Crippen LogP contribution in [0.15, 0.2) is 18.3 Å². The van der Waals surface area contributed by atoms with E-state index in [9.17, 15) is 9.59 Å². The number of rotatable bonds is 5. The predicted octanol–water partition coefficient (Wildman–Crippen LogP) is 3.94. The predicted molar refractivity (Wildman–Crippen MR) is 114 cm³/mol. The van der Waals surface area contributed by atoms with E-state index in [1.807, 2.05) is 6.07 Å². The number of anilines is 1. The molecule has 0 unspecified atom stereocenters. The highest BCUT2D eigenvalue weighted by molar-refractivity contribution is 5.92. The zero-order valence-corrected chi connectivity index (χ0v) is 17.8. The summed E-state index contributed by atoms with van der Waals surface area (Å²) < 4.78 is 5.89. The Kier molecular flexibility index (Phi) is 7.51. The third-order valence-electron chi connectivity index (χ3n) is 6.61. The van der Waals surface area contributed by atoms with Crippen LogP contribution < -0.4 is 10.6 Å². The number of amides is 1. The first kappa shape index (κ1) is 21.6. The molecule has 29 heavy (non-hydrogen) atoms. The van der Waals surface area contributed by atoms with Crippen molar-refractivity contribution in [3.8, 4) is 0 Å². The molecule has 2 aliphatic rings. The van der Waals surface area contributed by atoms with Gasteiger partial charge in [0.25, 0.3) is 0 Å². The molecule has 6 heteroatoms. The van der Waals surface area contributed by atoms with Gasteiger partial charge in [0.15, 0.2) is 0 Å². The zero-order chi connectivity index (χ0) is 20.8. The van der Waals surface area contributed by atoms with E-state index in [0.717, 1.165) is 69.3 Å². The van der Waals surface area contributed by atoms with Crippen LogP contribution in [0.4, 0.5) is 5.82 Å². The van der Waals surface area contributed by atoms with Crippen LogP contribution in [0.1, 0.15) is 75.6 Å². The maximum atomic E-state index is 12.7. The Morgan fingerprint density at radius 1 is 1.07 bits per heavy atom. The number of nitrogens with two attached hydrogens (primary N) is 1. The highest BCUT2D eigenvalue weighted by atomic mass is 16.5. The minimum Gasteiger partial charge on any atom is -0.462 e. The Hall–Kier alpha value is -2.11. The summed E-state index contributed by atoms with van der Waals surface area (Å²) in [4.78, 5) is 30.4. The average molecular weight is 402 g/mol. The van der Waals surface area contributed by atoms with E-state index in [-0.39, 0.29) is 18.0 Å². The molecule has 0 spiro atoms. The minimum absolute atomic E-state index is 0.00232. The summed E-state index contributed by atoms with van der Waals surface area (Å²) in [5, 5.41) is 0. The van der Waals surface area contributed by atoms with Crippen LogP contribution >= 0.6 is 0 Å². The Bertz CT molecular complexity index is 671. The second kappa shape index (κ2) is 10.1. The van der Waals surface area contributed by atoms with Crippen molar-refractivity contribution in [2.75, 3.05) is 18.0 Å². The van der Waals surface area contributed by atoms with Gasteiger partial charge in [0.2, 0.25) is 5.91 Å². The molecule has 3 rings (SSSR count). The maximum absolute atomic E-state index is 12.7. The number of piperidine rings is 1. The summed E-state index contributed by atoms with van der Waals surface area (Å²) in [7, 11) is 0. The lowest BCUT2D eigenvalue weighted by molar-refractivity contribution is -0.155. The molecule has 6 nitrogen and oxygen atoms in total. The van der Waals surface area contributed by atoms with Crippen LogP contribution in [0, 0.1) is 17.8 Å². The molecule has 1 amide bonds. The van der Waals surface area contributed by atoms with Gasteiger partial charge in [-0.3, -0.25) is 9.59 Å². The number of ether oxygens (including phenoxy) is 1. The summed E-state index contributed by atoms with van der Waals surface area (Å²) in [6, 6.07) is 3.53. The van der Waals surface area contributed by atoms with Crippen LogP contribution in [0.25, 0.3) is 0 Å². The van der Waals surface area contributed by atoms with Gasteiger partial charge in [-0.2, -0.15) is 0 Å². The van der Waals surface area contributed by atoms with E-state index >= 15 is 0 Å². The summed E-state index contributed by atoms with van der Waals surface area (Å²) in [5.41, 5.74) is 5.68. The van der Waals surface area contributed by atoms with Gasteiger partial charge < -0.3 is 15.4 Å². The molecule has 1 aromatic heterocycles. The van der Waals surface area contributed by atoms with E-state index in [4.69, 9.17) is 10.5 Å². The molecule has 0 bridgehead atoms. The first-order chi connectivity index (χ1) is 13.9. The third-order valence-corrected chi connectivity index (χ3v) is 6.61. The van der Waals surface area contributed by atoms with Gasteiger partial charge in [0.1, 0.15) is 11.9 Å². The number of aromatic nitrogens is 1. The van der Waals surface area contributed by atoms with Gasteiger partial charge in [-0.1, -0.05) is 39.5 Å². The molecule has 160 valence electrons. The molecule has 2 heterocycles. The fourth-order valence-electron chi connectivity index (χ4n) is 4.63. The molecule has 1 aromatic rings. The standard InChI is InChI=1S/C23H35N3O3/c1-16(2)17-5-3-7-18(8-4-6-17)23(28)29-20-11-13-26(14-12-20)21-10-9-19(15-25-21)22(24)27/h9-10,15-18,20H,3-8,11-14H2,1-2H3,(H2,24,27). The molecule has 0 radical (unpaired) electrons. The van der Waals surface area contributed by atoms with Gasteiger partial charge in [-0.15, -0.1) is 0 Å². The van der Waals surface area contributed by atoms with E-state index in [0.29, 0.717) is 5.56 Å². The molecular weight excluding hydrogens is 366 g/mol. The first-order valence-corrected chi connectivity index (χ1v) is 11.2. The normalized spacial score (nSPS) is 24.0. The fraction of sp³-hybridized carbons (Fsp3) is 0.696. The maximum Gasteiger partial charge on any atom is 0.309 e. The summed E-state index contributed by atoms with van der Waals surface area (Å²) in [5.74, 6) is 2.00. The topological polar surface area (TPSA) is 85.5 Å². The molecule has 1 saturated heterocycles. The largest absolute Gasteiger partial charge is 0.462 e. The Labute approximate surface area is 174 Å². The van der Waals surface area contributed by atoms with Gasteiger partial charge in [0, 0.05) is 32.1 Å². The number of esters is 1. The number of hydrogen-bond donors (Lipinski definition) is 1. The van der Waals surface area contributed by atoms with Gasteiger partial charge in [-0.05, 0) is 36.8 Å². The summed E-state index contributed by atoms with van der Waals surface area (Å²) in [6.07, 6.45) is 9.82. The van der Waals surface area contributed by atoms with Crippen molar-refractivity contribution in [2.45, 2.75) is 71.3 Å². The smallest absolute Gasteiger partial charge is 0.309 e.